The summed E-state index contributed by atoms with van der Waals surface area (Å²) in [6.07, 6.45) is 1.93. The van der Waals surface area contributed by atoms with Crippen molar-refractivity contribution < 1.29 is 24.2 Å². The number of nitrogens with one attached hydrogen (secondary N) is 1. The molecule has 2 N–H and O–H groups in total. The second kappa shape index (κ2) is 7.97. The number of aliphatic carboxylic acids is 1. The van der Waals surface area contributed by atoms with E-state index in [0.29, 0.717) is 0 Å². The fourth-order valence-corrected chi connectivity index (χ4v) is 1.72. The van der Waals surface area contributed by atoms with Crippen LogP contribution in [-0.4, -0.2) is 36.1 Å². The Balaban J connectivity index is 2.88. The first-order chi connectivity index (χ1) is 10.3. The molecule has 0 saturated heterocycles. The van der Waals surface area contributed by atoms with Crippen LogP contribution in [-0.2, 0) is 9.53 Å². The van der Waals surface area contributed by atoms with Crippen molar-refractivity contribution in [1.82, 2.24) is 5.32 Å². The third-order valence-electron chi connectivity index (χ3n) is 2.91. The van der Waals surface area contributed by atoms with Crippen LogP contribution < -0.4 is 5.32 Å². The maximum atomic E-state index is 12.1. The number of hydrogen-bond acceptors (Lipinski definition) is 4. The summed E-state index contributed by atoms with van der Waals surface area (Å²) in [4.78, 5) is 34.7. The molecular formula is C16H19NO5. The van der Waals surface area contributed by atoms with Crippen LogP contribution in [0.4, 0.5) is 0 Å². The number of carbonyl (C=O) groups excluding carboxylic acids is 2. The summed E-state index contributed by atoms with van der Waals surface area (Å²) in [6, 6.07) is 4.89. The lowest BCUT2D eigenvalue weighted by Gasteiger charge is -2.13. The monoisotopic (exact) mass is 305 g/mol. The lowest BCUT2D eigenvalue weighted by atomic mass is 10.1. The largest absolute Gasteiger partial charge is 0.480 e. The minimum atomic E-state index is -1.12. The zero-order valence-electron chi connectivity index (χ0n) is 12.8. The smallest absolute Gasteiger partial charge is 0.337 e. The van der Waals surface area contributed by atoms with Gasteiger partial charge in [-0.25, -0.2) is 9.59 Å². The molecule has 0 saturated carbocycles. The highest BCUT2D eigenvalue weighted by Crippen LogP contribution is 2.08. The van der Waals surface area contributed by atoms with Gasteiger partial charge in [-0.3, -0.25) is 4.79 Å². The quantitative estimate of drug-likeness (QED) is 0.619. The maximum Gasteiger partial charge on any atom is 0.337 e. The van der Waals surface area contributed by atoms with Crippen molar-refractivity contribution in [3.63, 3.8) is 0 Å². The summed E-state index contributed by atoms with van der Waals surface area (Å²) < 4.78 is 4.58. The molecule has 0 unspecified atom stereocenters. The molecule has 1 amide bonds. The fraction of sp³-hybridized carbons (Fsp3) is 0.312. The van der Waals surface area contributed by atoms with E-state index in [1.165, 1.54) is 31.4 Å². The normalized spacial score (nSPS) is 11.2. The Morgan fingerprint density at radius 2 is 1.91 bits per heavy atom. The van der Waals surface area contributed by atoms with Crippen LogP contribution in [0.5, 0.6) is 0 Å². The molecule has 1 rings (SSSR count). The van der Waals surface area contributed by atoms with Gasteiger partial charge in [0.1, 0.15) is 6.04 Å². The van der Waals surface area contributed by atoms with Gasteiger partial charge in [0, 0.05) is 5.56 Å². The van der Waals surface area contributed by atoms with Crippen LogP contribution in [0.2, 0.25) is 0 Å². The predicted octanol–water partition coefficient (Wildman–Crippen LogP) is 2.01. The van der Waals surface area contributed by atoms with Crippen molar-refractivity contribution in [2.45, 2.75) is 26.3 Å². The lowest BCUT2D eigenvalue weighted by Crippen LogP contribution is -2.40. The Kier molecular flexibility index (Phi) is 6.31. The van der Waals surface area contributed by atoms with Crippen molar-refractivity contribution in [1.29, 1.82) is 0 Å². The van der Waals surface area contributed by atoms with Crippen LogP contribution >= 0.6 is 0 Å². The van der Waals surface area contributed by atoms with Gasteiger partial charge < -0.3 is 15.2 Å². The zero-order chi connectivity index (χ0) is 16.7. The molecule has 0 aliphatic carbocycles. The fourth-order valence-electron chi connectivity index (χ4n) is 1.72. The molecule has 1 aromatic rings. The molecule has 1 atom stereocenters. The van der Waals surface area contributed by atoms with E-state index in [1.54, 1.807) is 6.08 Å². The molecule has 0 radical (unpaired) electrons. The number of rotatable bonds is 6. The maximum absolute atomic E-state index is 12.1. The van der Waals surface area contributed by atoms with Gasteiger partial charge in [-0.1, -0.05) is 17.7 Å². The number of amides is 1. The summed E-state index contributed by atoms with van der Waals surface area (Å²) >= 11 is 0. The topological polar surface area (TPSA) is 92.7 Å². The summed E-state index contributed by atoms with van der Waals surface area (Å²) in [5, 5.41) is 11.6. The molecule has 0 spiro atoms. The van der Waals surface area contributed by atoms with Gasteiger partial charge in [0.15, 0.2) is 0 Å². The van der Waals surface area contributed by atoms with Gasteiger partial charge in [0.2, 0.25) is 0 Å². The molecule has 118 valence electrons. The summed E-state index contributed by atoms with van der Waals surface area (Å²) in [6.45, 7) is 3.70. The van der Waals surface area contributed by atoms with E-state index < -0.39 is 23.9 Å². The number of ether oxygens (including phenoxy) is 1. The van der Waals surface area contributed by atoms with Crippen LogP contribution in [0.15, 0.2) is 35.9 Å². The standard InChI is InChI=1S/C16H19NO5/c1-10(2)7-8-13(15(19)20)17-14(18)11-5-4-6-12(9-11)16(21)22-3/h4-7,9,13H,8H2,1-3H3,(H,17,18)(H,19,20)/t13-/m0/s1. The minimum Gasteiger partial charge on any atom is -0.480 e. The van der Waals surface area contributed by atoms with Gasteiger partial charge in [-0.15, -0.1) is 0 Å². The molecule has 22 heavy (non-hydrogen) atoms. The van der Waals surface area contributed by atoms with E-state index in [2.05, 4.69) is 10.1 Å². The Bertz CT molecular complexity index is 602. The number of methoxy groups -OCH3 is 1. The van der Waals surface area contributed by atoms with E-state index in [-0.39, 0.29) is 17.5 Å². The first-order valence-electron chi connectivity index (χ1n) is 6.70. The predicted molar refractivity (Wildman–Crippen MR) is 80.7 cm³/mol. The third-order valence-corrected chi connectivity index (χ3v) is 2.91. The Hall–Kier alpha value is -2.63. The number of carboxylic acid groups (broad SMARTS) is 1. The number of allylic oxidation sites excluding steroid dienone is 1. The van der Waals surface area contributed by atoms with Crippen LogP contribution in [0.25, 0.3) is 0 Å². The summed E-state index contributed by atoms with van der Waals surface area (Å²) in [7, 11) is 1.24. The molecule has 6 nitrogen and oxygen atoms in total. The van der Waals surface area contributed by atoms with E-state index in [0.717, 1.165) is 5.57 Å². The second-order valence-corrected chi connectivity index (χ2v) is 4.95. The molecule has 0 fully saturated rings. The highest BCUT2D eigenvalue weighted by Gasteiger charge is 2.20. The van der Waals surface area contributed by atoms with E-state index in [1.807, 2.05) is 13.8 Å². The van der Waals surface area contributed by atoms with E-state index in [4.69, 9.17) is 5.11 Å². The second-order valence-electron chi connectivity index (χ2n) is 4.95. The molecule has 0 bridgehead atoms. The summed E-state index contributed by atoms with van der Waals surface area (Å²) in [5.74, 6) is -2.23. The zero-order valence-corrected chi connectivity index (χ0v) is 12.8. The number of esters is 1. The first-order valence-corrected chi connectivity index (χ1v) is 6.70. The first kappa shape index (κ1) is 17.4. The SMILES string of the molecule is COC(=O)c1cccc(C(=O)N[C@@H](CC=C(C)C)C(=O)O)c1. The Labute approximate surface area is 128 Å². The van der Waals surface area contributed by atoms with Crippen molar-refractivity contribution in [2.24, 2.45) is 0 Å². The van der Waals surface area contributed by atoms with E-state index in [9.17, 15) is 14.4 Å². The molecule has 0 aromatic heterocycles. The average molecular weight is 305 g/mol. The van der Waals surface area contributed by atoms with Crippen molar-refractivity contribution in [3.8, 4) is 0 Å². The summed E-state index contributed by atoms with van der Waals surface area (Å²) in [5.41, 5.74) is 1.39. The molecule has 0 aliphatic heterocycles. The van der Waals surface area contributed by atoms with Crippen LogP contribution in [0, 0.1) is 0 Å². The minimum absolute atomic E-state index is 0.195. The Morgan fingerprint density at radius 3 is 2.45 bits per heavy atom. The number of carboxylic acids is 1. The number of hydrogen-bond donors (Lipinski definition) is 2. The molecule has 6 heteroatoms. The third kappa shape index (κ3) is 5.05. The van der Waals surface area contributed by atoms with Crippen molar-refractivity contribution in [2.75, 3.05) is 7.11 Å². The van der Waals surface area contributed by atoms with Gasteiger partial charge >= 0.3 is 11.9 Å². The highest BCUT2D eigenvalue weighted by atomic mass is 16.5. The van der Waals surface area contributed by atoms with Crippen LogP contribution in [0.3, 0.4) is 0 Å². The van der Waals surface area contributed by atoms with E-state index >= 15 is 0 Å². The van der Waals surface area contributed by atoms with Gasteiger partial charge in [0.05, 0.1) is 12.7 Å². The molecular weight excluding hydrogens is 286 g/mol. The van der Waals surface area contributed by atoms with Crippen molar-refractivity contribution in [3.05, 3.63) is 47.0 Å². The van der Waals surface area contributed by atoms with Crippen molar-refractivity contribution >= 4 is 17.8 Å². The highest BCUT2D eigenvalue weighted by molar-refractivity contribution is 5.99. The number of benzene rings is 1. The Morgan fingerprint density at radius 1 is 1.27 bits per heavy atom. The number of carbonyl (C=O) groups is 3. The lowest BCUT2D eigenvalue weighted by molar-refractivity contribution is -0.139. The molecule has 0 heterocycles. The van der Waals surface area contributed by atoms with Gasteiger partial charge in [0.25, 0.3) is 5.91 Å². The molecule has 1 aromatic carbocycles. The van der Waals surface area contributed by atoms with Crippen LogP contribution in [0.1, 0.15) is 41.0 Å². The average Bonchev–Trinajstić information content (AvgIpc) is 2.49. The van der Waals surface area contributed by atoms with Gasteiger partial charge in [-0.2, -0.15) is 0 Å². The molecule has 0 aliphatic rings. The van der Waals surface area contributed by atoms with Gasteiger partial charge in [-0.05, 0) is 38.5 Å².